The fourth-order valence-corrected chi connectivity index (χ4v) is 5.82. The van der Waals surface area contributed by atoms with Gasteiger partial charge in [0.05, 0.1) is 25.6 Å². The quantitative estimate of drug-likeness (QED) is 0.214. The lowest BCUT2D eigenvalue weighted by Crippen LogP contribution is -2.26. The normalized spacial score (nSPS) is 25.5. The summed E-state index contributed by atoms with van der Waals surface area (Å²) in [5, 5.41) is 10.3. The molecule has 0 bridgehead atoms. The van der Waals surface area contributed by atoms with E-state index < -0.39 is 48.5 Å². The molecule has 0 aliphatic carbocycles. The van der Waals surface area contributed by atoms with E-state index in [-0.39, 0.29) is 42.3 Å². The number of hydrogen-bond acceptors (Lipinski definition) is 13. The predicted octanol–water partition coefficient (Wildman–Crippen LogP) is -0.201. The summed E-state index contributed by atoms with van der Waals surface area (Å²) in [6.07, 6.45) is -4.19. The predicted molar refractivity (Wildman–Crippen MR) is 105 cm³/mol. The Balaban J connectivity index is 1.73. The number of imidazole rings is 1. The molecule has 0 saturated carbocycles. The van der Waals surface area contributed by atoms with Gasteiger partial charge in [-0.3, -0.25) is 9.09 Å². The molecule has 21 heteroatoms. The number of nitrogens with zero attached hydrogens (tertiary/aromatic N) is 4. The van der Waals surface area contributed by atoms with Gasteiger partial charge >= 0.3 is 23.5 Å². The Kier molecular flexibility index (Phi) is 7.17. The van der Waals surface area contributed by atoms with E-state index in [1.165, 1.54) is 4.57 Å². The molecule has 1 aliphatic rings. The maximum Gasteiger partial charge on any atom is 0.490 e. The van der Waals surface area contributed by atoms with Gasteiger partial charge in [0.15, 0.2) is 11.2 Å². The Morgan fingerprint density at radius 1 is 1.24 bits per heavy atom. The van der Waals surface area contributed by atoms with E-state index in [1.807, 2.05) is 0 Å². The third-order valence-corrected chi connectivity index (χ3v) is 7.74. The molecular formula is C12H20N5O13P3. The summed E-state index contributed by atoms with van der Waals surface area (Å²) < 4.78 is 65.8. The molecule has 3 rings (SSSR count). The zero-order valence-electron chi connectivity index (χ0n) is 17.6. The highest BCUT2D eigenvalue weighted by Gasteiger charge is 2.43. The minimum Gasteiger partial charge on any atom is -0.476 e. The average molecular weight is 537 g/mol. The Labute approximate surface area is 186 Å². The molecule has 1 saturated heterocycles. The molecule has 5 atom stereocenters. The number of hydrogen-bond donors (Lipinski definition) is 6. The number of nitrogen functional groups attached to an aromatic ring is 1. The van der Waals surface area contributed by atoms with E-state index in [1.54, 1.807) is 6.92 Å². The first-order valence-corrected chi connectivity index (χ1v) is 13.4. The highest BCUT2D eigenvalue weighted by Crippen LogP contribution is 2.66. The molecule has 1 aliphatic heterocycles. The van der Waals surface area contributed by atoms with Crippen molar-refractivity contribution in [2.24, 2.45) is 0 Å². The zero-order valence-corrected chi connectivity index (χ0v) is 19.2. The molecule has 2 aromatic rings. The standard InChI is InChI=1S/C12H20N5O13P3/c1-2-26-11-9-10(15-12(13)16-11)17(5-14-9)8-3-6(18)7(28-8)4-27-32(22,23)30-33(24,25)29-31(19,20)21/h5-8,18H,2-4H2,1H3,(H,22,23)(H,24,25)(H2,13,15,16)(H2,19,20,21)/t6-,7+,8+/m0/s1/i5T. The number of fused-ring (bicyclic) bond motifs is 1. The van der Waals surface area contributed by atoms with Gasteiger partial charge in [0.2, 0.25) is 11.8 Å². The Morgan fingerprint density at radius 3 is 2.58 bits per heavy atom. The van der Waals surface area contributed by atoms with Gasteiger partial charge in [-0.2, -0.15) is 18.6 Å². The highest BCUT2D eigenvalue weighted by molar-refractivity contribution is 7.66. The first-order chi connectivity index (χ1) is 15.6. The average Bonchev–Trinajstić information content (AvgIpc) is 3.16. The molecule has 33 heavy (non-hydrogen) atoms. The first-order valence-electron chi connectivity index (χ1n) is 9.37. The van der Waals surface area contributed by atoms with E-state index in [0.717, 1.165) is 0 Å². The monoisotopic (exact) mass is 537 g/mol. The van der Waals surface area contributed by atoms with Crippen molar-refractivity contribution < 1.29 is 62.4 Å². The fourth-order valence-electron chi connectivity index (χ4n) is 2.79. The van der Waals surface area contributed by atoms with Crippen molar-refractivity contribution in [3.63, 3.8) is 0 Å². The zero-order chi connectivity index (χ0) is 25.5. The smallest absolute Gasteiger partial charge is 0.476 e. The summed E-state index contributed by atoms with van der Waals surface area (Å²) in [7, 11) is -16.6. The van der Waals surface area contributed by atoms with Crippen molar-refractivity contribution in [2.75, 3.05) is 18.9 Å². The minimum absolute atomic E-state index is 0.0278. The van der Waals surface area contributed by atoms with Gasteiger partial charge in [0.25, 0.3) is 0 Å². The van der Waals surface area contributed by atoms with Crippen LogP contribution in [0.1, 0.15) is 20.9 Å². The largest absolute Gasteiger partial charge is 0.490 e. The maximum atomic E-state index is 11.9. The lowest BCUT2D eigenvalue weighted by Gasteiger charge is -2.19. The van der Waals surface area contributed by atoms with Gasteiger partial charge in [0.1, 0.15) is 13.7 Å². The maximum absolute atomic E-state index is 11.9. The molecule has 2 unspecified atom stereocenters. The molecule has 3 heterocycles. The molecule has 1 fully saturated rings. The van der Waals surface area contributed by atoms with E-state index in [0.29, 0.717) is 0 Å². The summed E-state index contributed by atoms with van der Waals surface area (Å²) in [6, 6.07) is 0. The van der Waals surface area contributed by atoms with Gasteiger partial charge < -0.3 is 39.9 Å². The lowest BCUT2D eigenvalue weighted by molar-refractivity contribution is -0.0423. The molecule has 18 nitrogen and oxygen atoms in total. The molecule has 0 amide bonds. The number of aliphatic hydroxyl groups is 1. The lowest BCUT2D eigenvalue weighted by atomic mass is 10.2. The van der Waals surface area contributed by atoms with Gasteiger partial charge in [-0.05, 0) is 6.92 Å². The molecule has 186 valence electrons. The Hall–Kier alpha value is -1.52. The summed E-state index contributed by atoms with van der Waals surface area (Å²) in [5.74, 6) is -0.153. The van der Waals surface area contributed by atoms with Crippen LogP contribution in [0, 0.1) is 0 Å². The van der Waals surface area contributed by atoms with Gasteiger partial charge in [-0.15, -0.1) is 0 Å². The van der Waals surface area contributed by atoms with Crippen LogP contribution in [0.25, 0.3) is 11.2 Å². The van der Waals surface area contributed by atoms with Crippen LogP contribution in [0.3, 0.4) is 0 Å². The number of nitrogens with two attached hydrogens (primary N) is 1. The van der Waals surface area contributed by atoms with Crippen LogP contribution in [0.5, 0.6) is 5.88 Å². The van der Waals surface area contributed by atoms with Crippen molar-refractivity contribution in [3.05, 3.63) is 6.30 Å². The molecular weight excluding hydrogens is 515 g/mol. The summed E-state index contributed by atoms with van der Waals surface area (Å²) in [4.78, 5) is 47.7. The van der Waals surface area contributed by atoms with Gasteiger partial charge in [-0.1, -0.05) is 0 Å². The number of phosphoric acid groups is 3. The van der Waals surface area contributed by atoms with Crippen molar-refractivity contribution in [1.29, 1.82) is 0 Å². The van der Waals surface area contributed by atoms with Crippen LogP contribution in [0.4, 0.5) is 5.95 Å². The molecule has 7 N–H and O–H groups in total. The molecule has 0 spiro atoms. The van der Waals surface area contributed by atoms with Crippen LogP contribution in [-0.2, 0) is 31.6 Å². The second kappa shape index (κ2) is 9.62. The van der Waals surface area contributed by atoms with Gasteiger partial charge in [-0.25, -0.2) is 18.7 Å². The van der Waals surface area contributed by atoms with Crippen LogP contribution in [-0.4, -0.2) is 69.6 Å². The van der Waals surface area contributed by atoms with Gasteiger partial charge in [0, 0.05) is 6.42 Å². The number of aliphatic hydroxyl groups excluding tert-OH is 1. The van der Waals surface area contributed by atoms with Crippen LogP contribution >= 0.6 is 23.5 Å². The summed E-state index contributed by atoms with van der Waals surface area (Å²) in [6.45, 7) is 1.05. The van der Waals surface area contributed by atoms with E-state index in [2.05, 4.69) is 28.1 Å². The van der Waals surface area contributed by atoms with Crippen LogP contribution in [0.2, 0.25) is 0 Å². The summed E-state index contributed by atoms with van der Waals surface area (Å²) in [5.41, 5.74) is 5.85. The first kappa shape index (κ1) is 24.6. The van der Waals surface area contributed by atoms with E-state index >= 15 is 0 Å². The fraction of sp³-hybridized carbons (Fsp3) is 0.583. The SMILES string of the molecule is [3H]c1nc2c(OCC)nc(N)nc2n1[C@H]1C[C@H](O)[C@@H](COP(=O)(O)OP(=O)(O)OP(=O)(O)O)O1. The van der Waals surface area contributed by atoms with Crippen LogP contribution in [0.15, 0.2) is 6.30 Å². The van der Waals surface area contributed by atoms with Crippen LogP contribution < -0.4 is 10.5 Å². The Morgan fingerprint density at radius 2 is 1.94 bits per heavy atom. The number of anilines is 1. The number of phosphoric ester groups is 1. The second-order valence-electron chi connectivity index (χ2n) is 6.39. The molecule has 0 radical (unpaired) electrons. The number of rotatable bonds is 10. The van der Waals surface area contributed by atoms with Crippen molar-refractivity contribution >= 4 is 40.6 Å². The third-order valence-electron chi connectivity index (χ3n) is 3.94. The van der Waals surface area contributed by atoms with E-state index in [4.69, 9.17) is 26.4 Å². The third kappa shape index (κ3) is 6.76. The van der Waals surface area contributed by atoms with Crippen molar-refractivity contribution in [1.82, 2.24) is 19.5 Å². The number of aromatic nitrogens is 4. The highest BCUT2D eigenvalue weighted by atomic mass is 31.3. The second-order valence-corrected chi connectivity index (χ2v) is 10.8. The molecule has 0 aromatic carbocycles. The minimum atomic E-state index is -5.69. The topological polar surface area (TPSA) is 268 Å². The molecule has 2 aromatic heterocycles. The Bertz CT molecular complexity index is 1210. The number of ether oxygens (including phenoxy) is 2. The van der Waals surface area contributed by atoms with Crippen molar-refractivity contribution in [2.45, 2.75) is 31.8 Å². The summed E-state index contributed by atoms with van der Waals surface area (Å²) >= 11 is 0. The van der Waals surface area contributed by atoms with E-state index in [9.17, 15) is 28.6 Å². The van der Waals surface area contributed by atoms with Crippen molar-refractivity contribution in [3.8, 4) is 5.88 Å².